The van der Waals surface area contributed by atoms with Gasteiger partial charge in [0.2, 0.25) is 11.5 Å². The van der Waals surface area contributed by atoms with E-state index in [1.165, 1.54) is 0 Å². The minimum absolute atomic E-state index is 0.330. The van der Waals surface area contributed by atoms with Gasteiger partial charge in [0, 0.05) is 20.1 Å². The molecule has 1 aliphatic heterocycles. The number of ether oxygens (including phenoxy) is 1. The second kappa shape index (κ2) is 5.86. The molecule has 0 aromatic carbocycles. The Morgan fingerprint density at radius 1 is 1.38 bits per heavy atom. The van der Waals surface area contributed by atoms with Crippen molar-refractivity contribution in [3.63, 3.8) is 0 Å². The van der Waals surface area contributed by atoms with Crippen LogP contribution in [0.2, 0.25) is 0 Å². The van der Waals surface area contributed by atoms with Gasteiger partial charge in [0.05, 0.1) is 17.9 Å². The minimum Gasteiger partial charge on any atom is -0.443 e. The van der Waals surface area contributed by atoms with Crippen LogP contribution >= 0.6 is 0 Å². The van der Waals surface area contributed by atoms with E-state index in [9.17, 15) is 0 Å². The molecule has 0 bridgehead atoms. The van der Waals surface area contributed by atoms with E-state index in [2.05, 4.69) is 45.1 Å². The Kier molecular flexibility index (Phi) is 3.68. The molecule has 4 heterocycles. The maximum absolute atomic E-state index is 5.76. The molecule has 8 nitrogen and oxygen atoms in total. The van der Waals surface area contributed by atoms with Gasteiger partial charge in [0.15, 0.2) is 0 Å². The van der Waals surface area contributed by atoms with Crippen molar-refractivity contribution in [3.8, 4) is 0 Å². The van der Waals surface area contributed by atoms with Crippen molar-refractivity contribution < 1.29 is 9.15 Å². The van der Waals surface area contributed by atoms with Crippen LogP contribution in [0, 0.1) is 0 Å². The van der Waals surface area contributed by atoms with Gasteiger partial charge in [0.25, 0.3) is 0 Å². The Morgan fingerprint density at radius 3 is 3.04 bits per heavy atom. The highest BCUT2D eigenvalue weighted by Crippen LogP contribution is 2.29. The molecule has 0 spiro atoms. The SMILES string of the molecule is COCc1nc2c(o1)CCN(c1cc(C(C)C)nn3cnnc13)C2. The highest BCUT2D eigenvalue weighted by molar-refractivity contribution is 5.68. The Bertz CT molecular complexity index is 869. The normalized spacial score (nSPS) is 14.6. The van der Waals surface area contributed by atoms with Crippen LogP contribution in [0.25, 0.3) is 5.65 Å². The third-order valence-electron chi connectivity index (χ3n) is 4.24. The fraction of sp³-hybridized carbons (Fsp3) is 0.500. The van der Waals surface area contributed by atoms with E-state index in [1.807, 2.05) is 0 Å². The lowest BCUT2D eigenvalue weighted by atomic mass is 10.1. The second-order valence-corrected chi connectivity index (χ2v) is 6.29. The number of hydrogen-bond donors (Lipinski definition) is 0. The van der Waals surface area contributed by atoms with Gasteiger partial charge in [-0.05, 0) is 12.0 Å². The lowest BCUT2D eigenvalue weighted by Crippen LogP contribution is -2.31. The van der Waals surface area contributed by atoms with Crippen molar-refractivity contribution in [2.75, 3.05) is 18.6 Å². The summed E-state index contributed by atoms with van der Waals surface area (Å²) in [6, 6.07) is 2.11. The Hall–Kier alpha value is -2.48. The number of rotatable bonds is 4. The number of fused-ring (bicyclic) bond motifs is 2. The van der Waals surface area contributed by atoms with E-state index in [1.54, 1.807) is 18.0 Å². The molecular weight excluding hydrogens is 308 g/mol. The zero-order valence-corrected chi connectivity index (χ0v) is 14.1. The monoisotopic (exact) mass is 328 g/mol. The lowest BCUT2D eigenvalue weighted by Gasteiger charge is -2.27. The van der Waals surface area contributed by atoms with Crippen LogP contribution in [-0.2, 0) is 24.3 Å². The molecule has 0 saturated carbocycles. The summed E-state index contributed by atoms with van der Waals surface area (Å²) in [5.74, 6) is 1.92. The van der Waals surface area contributed by atoms with Crippen LogP contribution in [0.3, 0.4) is 0 Å². The highest BCUT2D eigenvalue weighted by Gasteiger charge is 2.25. The van der Waals surface area contributed by atoms with E-state index in [4.69, 9.17) is 9.15 Å². The van der Waals surface area contributed by atoms with Gasteiger partial charge in [-0.2, -0.15) is 9.61 Å². The van der Waals surface area contributed by atoms with Crippen molar-refractivity contribution in [2.24, 2.45) is 0 Å². The molecule has 0 unspecified atom stereocenters. The van der Waals surface area contributed by atoms with Crippen LogP contribution in [0.5, 0.6) is 0 Å². The number of nitrogens with zero attached hydrogens (tertiary/aromatic N) is 6. The first-order valence-corrected chi connectivity index (χ1v) is 8.08. The Balaban J connectivity index is 1.71. The summed E-state index contributed by atoms with van der Waals surface area (Å²) in [5, 5.41) is 12.8. The average molecular weight is 328 g/mol. The van der Waals surface area contributed by atoms with Crippen LogP contribution in [0.4, 0.5) is 5.69 Å². The molecule has 8 heteroatoms. The molecule has 0 N–H and O–H groups in total. The third kappa shape index (κ3) is 2.52. The van der Waals surface area contributed by atoms with E-state index >= 15 is 0 Å². The second-order valence-electron chi connectivity index (χ2n) is 6.29. The molecule has 4 rings (SSSR count). The fourth-order valence-corrected chi connectivity index (χ4v) is 2.99. The summed E-state index contributed by atoms with van der Waals surface area (Å²) in [7, 11) is 1.64. The van der Waals surface area contributed by atoms with Crippen molar-refractivity contribution >= 4 is 11.3 Å². The molecule has 0 amide bonds. The number of anilines is 1. The van der Waals surface area contributed by atoms with Crippen molar-refractivity contribution in [1.29, 1.82) is 0 Å². The molecule has 126 valence electrons. The van der Waals surface area contributed by atoms with Gasteiger partial charge in [-0.15, -0.1) is 10.2 Å². The summed E-state index contributed by atoms with van der Waals surface area (Å²) >= 11 is 0. The predicted octanol–water partition coefficient (Wildman–Crippen LogP) is 1.94. The van der Waals surface area contributed by atoms with Crippen LogP contribution < -0.4 is 4.90 Å². The molecule has 0 fully saturated rings. The van der Waals surface area contributed by atoms with Crippen LogP contribution in [0.15, 0.2) is 16.8 Å². The van der Waals surface area contributed by atoms with Crippen molar-refractivity contribution in [1.82, 2.24) is 24.8 Å². The summed E-state index contributed by atoms with van der Waals surface area (Å²) in [5.41, 5.74) is 3.79. The zero-order chi connectivity index (χ0) is 16.7. The number of oxazole rings is 1. The zero-order valence-electron chi connectivity index (χ0n) is 14.1. The topological polar surface area (TPSA) is 81.6 Å². The van der Waals surface area contributed by atoms with Gasteiger partial charge in [0.1, 0.15) is 24.4 Å². The largest absolute Gasteiger partial charge is 0.443 e. The average Bonchev–Trinajstić information content (AvgIpc) is 3.19. The quantitative estimate of drug-likeness (QED) is 0.724. The maximum atomic E-state index is 5.76. The van der Waals surface area contributed by atoms with Crippen molar-refractivity contribution in [2.45, 2.75) is 39.3 Å². The smallest absolute Gasteiger partial charge is 0.220 e. The van der Waals surface area contributed by atoms with Crippen LogP contribution in [0.1, 0.15) is 42.8 Å². The van der Waals surface area contributed by atoms with Gasteiger partial charge < -0.3 is 14.1 Å². The maximum Gasteiger partial charge on any atom is 0.220 e. The van der Waals surface area contributed by atoms with E-state index in [0.717, 1.165) is 41.4 Å². The number of aromatic nitrogens is 5. The Morgan fingerprint density at radius 2 is 2.25 bits per heavy atom. The predicted molar refractivity (Wildman–Crippen MR) is 86.8 cm³/mol. The third-order valence-corrected chi connectivity index (χ3v) is 4.24. The first-order chi connectivity index (χ1) is 11.7. The first kappa shape index (κ1) is 15.1. The minimum atomic E-state index is 0.330. The van der Waals surface area contributed by atoms with E-state index in [0.29, 0.717) is 25.0 Å². The summed E-state index contributed by atoms with van der Waals surface area (Å²) in [6.45, 7) is 6.19. The first-order valence-electron chi connectivity index (χ1n) is 8.08. The number of hydrogen-bond acceptors (Lipinski definition) is 7. The summed E-state index contributed by atoms with van der Waals surface area (Å²) in [4.78, 5) is 6.81. The van der Waals surface area contributed by atoms with Gasteiger partial charge in [-0.1, -0.05) is 13.8 Å². The van der Waals surface area contributed by atoms with E-state index in [-0.39, 0.29) is 0 Å². The Labute approximate surface area is 139 Å². The molecule has 3 aromatic rings. The number of methoxy groups -OCH3 is 1. The molecule has 1 aliphatic rings. The molecule has 0 saturated heterocycles. The molecule has 3 aromatic heterocycles. The van der Waals surface area contributed by atoms with Gasteiger partial charge in [-0.3, -0.25) is 0 Å². The van der Waals surface area contributed by atoms with Crippen LogP contribution in [-0.4, -0.2) is 38.4 Å². The molecule has 24 heavy (non-hydrogen) atoms. The van der Waals surface area contributed by atoms with Crippen molar-refractivity contribution in [3.05, 3.63) is 35.4 Å². The standard InChI is InChI=1S/C16H20N6O2/c1-10(2)11-6-13(16-19-17-9-22(16)20-11)21-5-4-14-12(7-21)18-15(24-14)8-23-3/h6,9-10H,4-5,7-8H2,1-3H3. The van der Waals surface area contributed by atoms with Gasteiger partial charge >= 0.3 is 0 Å². The fourth-order valence-electron chi connectivity index (χ4n) is 2.99. The summed E-state index contributed by atoms with van der Waals surface area (Å²) < 4.78 is 12.6. The molecule has 0 aliphatic carbocycles. The highest BCUT2D eigenvalue weighted by atomic mass is 16.5. The van der Waals surface area contributed by atoms with Gasteiger partial charge in [-0.25, -0.2) is 4.98 Å². The molecule has 0 radical (unpaired) electrons. The molecule has 0 atom stereocenters. The summed E-state index contributed by atoms with van der Waals surface area (Å²) in [6.07, 6.45) is 2.46. The van der Waals surface area contributed by atoms with E-state index < -0.39 is 0 Å². The molecular formula is C16H20N6O2. The lowest BCUT2D eigenvalue weighted by molar-refractivity contribution is 0.158.